The maximum atomic E-state index is 5.84. The summed E-state index contributed by atoms with van der Waals surface area (Å²) in [5.74, 6) is 1.59. The van der Waals surface area contributed by atoms with E-state index in [1.54, 1.807) is 0 Å². The first-order valence-corrected chi connectivity index (χ1v) is 6.34. The van der Waals surface area contributed by atoms with Gasteiger partial charge in [-0.05, 0) is 17.9 Å². The van der Waals surface area contributed by atoms with Crippen LogP contribution in [0, 0.1) is 0 Å². The van der Waals surface area contributed by atoms with Crippen LogP contribution in [0.25, 0.3) is 11.4 Å². The molecule has 0 bridgehead atoms. The molecule has 0 aliphatic heterocycles. The molecule has 1 aromatic carbocycles. The van der Waals surface area contributed by atoms with Crippen LogP contribution in [0.2, 0.25) is 0 Å². The van der Waals surface area contributed by atoms with Gasteiger partial charge in [-0.3, -0.25) is 0 Å². The standard InChI is InChI=1S/C15H19N3/c1-4-11-5-7-12(8-6-11)15-17-13(10(2)3)9-14(16)18-15/h5-10H,4H2,1-3H3,(H2,16,17,18). The fraction of sp³-hybridized carbons (Fsp3) is 0.333. The van der Waals surface area contributed by atoms with Crippen molar-refractivity contribution in [2.45, 2.75) is 33.1 Å². The van der Waals surface area contributed by atoms with Gasteiger partial charge in [-0.1, -0.05) is 45.0 Å². The largest absolute Gasteiger partial charge is 0.384 e. The molecule has 0 radical (unpaired) electrons. The van der Waals surface area contributed by atoms with Gasteiger partial charge in [0.1, 0.15) is 5.82 Å². The van der Waals surface area contributed by atoms with E-state index in [9.17, 15) is 0 Å². The molecule has 0 saturated carbocycles. The number of aryl methyl sites for hydroxylation is 1. The van der Waals surface area contributed by atoms with E-state index in [1.165, 1.54) is 5.56 Å². The normalized spacial score (nSPS) is 10.9. The molecule has 2 N–H and O–H groups in total. The minimum Gasteiger partial charge on any atom is -0.384 e. The molecule has 2 rings (SSSR count). The molecule has 0 atom stereocenters. The second-order valence-electron chi connectivity index (χ2n) is 4.75. The van der Waals surface area contributed by atoms with E-state index in [0.29, 0.717) is 17.6 Å². The van der Waals surface area contributed by atoms with Gasteiger partial charge >= 0.3 is 0 Å². The minimum atomic E-state index is 0.351. The summed E-state index contributed by atoms with van der Waals surface area (Å²) < 4.78 is 0. The Balaban J connectivity index is 2.42. The monoisotopic (exact) mass is 241 g/mol. The molecule has 0 spiro atoms. The van der Waals surface area contributed by atoms with Gasteiger partial charge in [0.25, 0.3) is 0 Å². The van der Waals surface area contributed by atoms with Gasteiger partial charge in [0.2, 0.25) is 0 Å². The van der Waals surface area contributed by atoms with Gasteiger partial charge in [0.15, 0.2) is 5.82 Å². The van der Waals surface area contributed by atoms with Crippen LogP contribution in [-0.2, 0) is 6.42 Å². The molecule has 0 fully saturated rings. The molecular formula is C15H19N3. The Labute approximate surface area is 108 Å². The second kappa shape index (κ2) is 5.17. The molecule has 2 aromatic rings. The Bertz CT molecular complexity index is 530. The summed E-state index contributed by atoms with van der Waals surface area (Å²) >= 11 is 0. The van der Waals surface area contributed by atoms with E-state index in [4.69, 9.17) is 5.73 Å². The van der Waals surface area contributed by atoms with Crippen LogP contribution in [0.4, 0.5) is 5.82 Å². The van der Waals surface area contributed by atoms with Crippen molar-refractivity contribution < 1.29 is 0 Å². The topological polar surface area (TPSA) is 51.8 Å². The number of benzene rings is 1. The molecule has 94 valence electrons. The van der Waals surface area contributed by atoms with Crippen LogP contribution in [0.5, 0.6) is 0 Å². The number of hydrogen-bond donors (Lipinski definition) is 1. The van der Waals surface area contributed by atoms with Crippen LogP contribution in [0.3, 0.4) is 0 Å². The Hall–Kier alpha value is -1.90. The first-order valence-electron chi connectivity index (χ1n) is 6.34. The molecule has 3 nitrogen and oxygen atoms in total. The maximum absolute atomic E-state index is 5.84. The lowest BCUT2D eigenvalue weighted by atomic mass is 10.1. The highest BCUT2D eigenvalue weighted by atomic mass is 14.9. The Morgan fingerprint density at radius 1 is 1.11 bits per heavy atom. The quantitative estimate of drug-likeness (QED) is 0.895. The zero-order valence-corrected chi connectivity index (χ0v) is 11.1. The van der Waals surface area contributed by atoms with Crippen molar-refractivity contribution in [3.05, 3.63) is 41.6 Å². The fourth-order valence-corrected chi connectivity index (χ4v) is 1.80. The molecule has 0 amide bonds. The molecule has 0 saturated heterocycles. The van der Waals surface area contributed by atoms with Gasteiger partial charge in [0, 0.05) is 17.3 Å². The minimum absolute atomic E-state index is 0.351. The van der Waals surface area contributed by atoms with Crippen LogP contribution < -0.4 is 5.73 Å². The summed E-state index contributed by atoms with van der Waals surface area (Å²) in [5, 5.41) is 0. The predicted octanol–water partition coefficient (Wildman–Crippen LogP) is 3.41. The van der Waals surface area contributed by atoms with Crippen molar-refractivity contribution in [2.75, 3.05) is 5.73 Å². The first-order chi connectivity index (χ1) is 8.60. The third-order valence-electron chi connectivity index (χ3n) is 2.98. The molecule has 0 aliphatic rings. The molecule has 0 aliphatic carbocycles. The van der Waals surface area contributed by atoms with Gasteiger partial charge in [-0.25, -0.2) is 9.97 Å². The van der Waals surface area contributed by atoms with E-state index in [1.807, 2.05) is 6.07 Å². The molecular weight excluding hydrogens is 222 g/mol. The van der Waals surface area contributed by atoms with Crippen molar-refractivity contribution in [2.24, 2.45) is 0 Å². The zero-order valence-electron chi connectivity index (χ0n) is 11.1. The maximum Gasteiger partial charge on any atom is 0.161 e. The summed E-state index contributed by atoms with van der Waals surface area (Å²) in [6, 6.07) is 10.2. The smallest absolute Gasteiger partial charge is 0.161 e. The molecule has 1 heterocycles. The van der Waals surface area contributed by atoms with Crippen molar-refractivity contribution in [1.82, 2.24) is 9.97 Å². The Morgan fingerprint density at radius 2 is 1.78 bits per heavy atom. The average Bonchev–Trinajstić information content (AvgIpc) is 2.38. The lowest BCUT2D eigenvalue weighted by molar-refractivity contribution is 0.818. The number of nitrogens with two attached hydrogens (primary N) is 1. The highest BCUT2D eigenvalue weighted by molar-refractivity contribution is 5.57. The number of rotatable bonds is 3. The highest BCUT2D eigenvalue weighted by Gasteiger charge is 2.08. The van der Waals surface area contributed by atoms with Crippen molar-refractivity contribution >= 4 is 5.82 Å². The van der Waals surface area contributed by atoms with Gasteiger partial charge < -0.3 is 5.73 Å². The Kier molecular flexibility index (Phi) is 3.60. The van der Waals surface area contributed by atoms with E-state index in [-0.39, 0.29) is 0 Å². The van der Waals surface area contributed by atoms with Gasteiger partial charge in [0.05, 0.1) is 0 Å². The SMILES string of the molecule is CCc1ccc(-c2nc(N)cc(C(C)C)n2)cc1. The summed E-state index contributed by atoms with van der Waals surface area (Å²) in [6.07, 6.45) is 1.04. The fourth-order valence-electron chi connectivity index (χ4n) is 1.80. The first kappa shape index (κ1) is 12.6. The van der Waals surface area contributed by atoms with E-state index in [0.717, 1.165) is 17.7 Å². The molecule has 1 aromatic heterocycles. The van der Waals surface area contributed by atoms with Gasteiger partial charge in [-0.15, -0.1) is 0 Å². The molecule has 18 heavy (non-hydrogen) atoms. The Morgan fingerprint density at radius 3 is 2.33 bits per heavy atom. The van der Waals surface area contributed by atoms with Crippen molar-refractivity contribution in [1.29, 1.82) is 0 Å². The third kappa shape index (κ3) is 2.67. The second-order valence-corrected chi connectivity index (χ2v) is 4.75. The number of anilines is 1. The van der Waals surface area contributed by atoms with E-state index < -0.39 is 0 Å². The lowest BCUT2D eigenvalue weighted by Crippen LogP contribution is -2.01. The zero-order chi connectivity index (χ0) is 13.1. The van der Waals surface area contributed by atoms with Crippen molar-refractivity contribution in [3.8, 4) is 11.4 Å². The number of hydrogen-bond acceptors (Lipinski definition) is 3. The average molecular weight is 241 g/mol. The van der Waals surface area contributed by atoms with Crippen molar-refractivity contribution in [3.63, 3.8) is 0 Å². The summed E-state index contributed by atoms with van der Waals surface area (Å²) in [7, 11) is 0. The summed E-state index contributed by atoms with van der Waals surface area (Å²) in [5.41, 5.74) is 9.15. The highest BCUT2D eigenvalue weighted by Crippen LogP contribution is 2.21. The summed E-state index contributed by atoms with van der Waals surface area (Å²) in [4.78, 5) is 8.88. The third-order valence-corrected chi connectivity index (χ3v) is 2.98. The van der Waals surface area contributed by atoms with Gasteiger partial charge in [-0.2, -0.15) is 0 Å². The number of nitrogens with zero attached hydrogens (tertiary/aromatic N) is 2. The number of aromatic nitrogens is 2. The van der Waals surface area contributed by atoms with Crippen LogP contribution in [-0.4, -0.2) is 9.97 Å². The summed E-state index contributed by atoms with van der Waals surface area (Å²) in [6.45, 7) is 6.35. The predicted molar refractivity (Wildman–Crippen MR) is 75.3 cm³/mol. The van der Waals surface area contributed by atoms with Crippen LogP contribution >= 0.6 is 0 Å². The van der Waals surface area contributed by atoms with Crippen LogP contribution in [0.15, 0.2) is 30.3 Å². The molecule has 3 heteroatoms. The number of nitrogen functional groups attached to an aromatic ring is 1. The van der Waals surface area contributed by atoms with E-state index in [2.05, 4.69) is 55.0 Å². The van der Waals surface area contributed by atoms with E-state index >= 15 is 0 Å². The molecule has 0 unspecified atom stereocenters. The van der Waals surface area contributed by atoms with Crippen LogP contribution in [0.1, 0.15) is 37.9 Å². The lowest BCUT2D eigenvalue weighted by Gasteiger charge is -2.08.